The molecule has 1 fully saturated rings. The van der Waals surface area contributed by atoms with Crippen LogP contribution in [-0.2, 0) is 4.79 Å². The van der Waals surface area contributed by atoms with Crippen molar-refractivity contribution in [2.75, 3.05) is 18.4 Å². The highest BCUT2D eigenvalue weighted by molar-refractivity contribution is 9.10. The molecule has 0 aliphatic heterocycles. The Kier molecular flexibility index (Phi) is 5.36. The summed E-state index contributed by atoms with van der Waals surface area (Å²) in [4.78, 5) is 11.7. The summed E-state index contributed by atoms with van der Waals surface area (Å²) in [6.45, 7) is 0.975. The first kappa shape index (κ1) is 14.5. The fourth-order valence-electron chi connectivity index (χ4n) is 2.40. The Morgan fingerprint density at radius 3 is 2.95 bits per heavy atom. The van der Waals surface area contributed by atoms with Crippen LogP contribution in [0.1, 0.15) is 19.3 Å². The van der Waals surface area contributed by atoms with Gasteiger partial charge in [-0.25, -0.2) is 0 Å². The van der Waals surface area contributed by atoms with Crippen LogP contribution in [0.25, 0.3) is 0 Å². The molecule has 1 aliphatic carbocycles. The Morgan fingerprint density at radius 1 is 1.42 bits per heavy atom. The number of halogens is 1. The first-order valence-corrected chi connectivity index (χ1v) is 7.38. The molecule has 1 amide bonds. The molecule has 19 heavy (non-hydrogen) atoms. The van der Waals surface area contributed by atoms with Crippen LogP contribution in [-0.4, -0.2) is 30.2 Å². The second-order valence-corrected chi connectivity index (χ2v) is 5.86. The number of rotatable bonds is 5. The molecule has 0 bridgehead atoms. The van der Waals surface area contributed by atoms with Crippen molar-refractivity contribution in [3.8, 4) is 0 Å². The van der Waals surface area contributed by atoms with E-state index in [0.717, 1.165) is 29.4 Å². The van der Waals surface area contributed by atoms with Gasteiger partial charge in [0.2, 0.25) is 5.91 Å². The summed E-state index contributed by atoms with van der Waals surface area (Å²) in [5, 5.41) is 15.6. The number of nitrogens with one attached hydrogen (secondary N) is 2. The summed E-state index contributed by atoms with van der Waals surface area (Å²) in [6, 6.07) is 7.50. The van der Waals surface area contributed by atoms with E-state index in [0.29, 0.717) is 12.5 Å². The fourth-order valence-corrected chi connectivity index (χ4v) is 2.80. The summed E-state index contributed by atoms with van der Waals surface area (Å²) < 4.78 is 0.937. The Hall–Kier alpha value is -0.910. The van der Waals surface area contributed by atoms with Gasteiger partial charge in [-0.15, -0.1) is 0 Å². The maximum atomic E-state index is 11.7. The Bertz CT molecular complexity index is 439. The van der Waals surface area contributed by atoms with Crippen LogP contribution in [0.2, 0.25) is 0 Å². The van der Waals surface area contributed by atoms with Gasteiger partial charge in [0.1, 0.15) is 0 Å². The van der Waals surface area contributed by atoms with Crippen LogP contribution < -0.4 is 10.6 Å². The molecule has 2 rings (SSSR count). The first-order chi connectivity index (χ1) is 9.15. The number of aliphatic hydroxyl groups is 1. The number of carbonyl (C=O) groups excluding carboxylic acids is 1. The van der Waals surface area contributed by atoms with Gasteiger partial charge >= 0.3 is 0 Å². The zero-order chi connectivity index (χ0) is 13.7. The van der Waals surface area contributed by atoms with E-state index in [2.05, 4.69) is 26.6 Å². The third-order valence-electron chi connectivity index (χ3n) is 3.42. The Balaban J connectivity index is 1.70. The average Bonchev–Trinajstić information content (AvgIpc) is 2.75. The SMILES string of the molecule is O=C(CNCC1CCCC1O)Nc1cccc(Br)c1. The molecule has 2 atom stereocenters. The van der Waals surface area contributed by atoms with Gasteiger partial charge in [-0.1, -0.05) is 28.4 Å². The van der Waals surface area contributed by atoms with Crippen molar-refractivity contribution in [1.82, 2.24) is 5.32 Å². The minimum Gasteiger partial charge on any atom is -0.393 e. The summed E-state index contributed by atoms with van der Waals surface area (Å²) in [5.74, 6) is 0.226. The quantitative estimate of drug-likeness (QED) is 0.776. The number of benzene rings is 1. The van der Waals surface area contributed by atoms with Crippen LogP contribution >= 0.6 is 15.9 Å². The zero-order valence-electron chi connectivity index (χ0n) is 10.7. The van der Waals surface area contributed by atoms with Crippen molar-refractivity contribution in [2.24, 2.45) is 5.92 Å². The molecule has 104 valence electrons. The van der Waals surface area contributed by atoms with E-state index in [1.165, 1.54) is 0 Å². The molecule has 5 heteroatoms. The molecule has 4 nitrogen and oxygen atoms in total. The van der Waals surface area contributed by atoms with Crippen molar-refractivity contribution in [2.45, 2.75) is 25.4 Å². The van der Waals surface area contributed by atoms with Gasteiger partial charge in [-0.3, -0.25) is 4.79 Å². The maximum Gasteiger partial charge on any atom is 0.238 e. The average molecular weight is 327 g/mol. The molecule has 0 heterocycles. The highest BCUT2D eigenvalue weighted by Crippen LogP contribution is 2.24. The van der Waals surface area contributed by atoms with E-state index in [1.54, 1.807) is 0 Å². The monoisotopic (exact) mass is 326 g/mol. The number of hydrogen-bond acceptors (Lipinski definition) is 3. The number of hydrogen-bond donors (Lipinski definition) is 3. The first-order valence-electron chi connectivity index (χ1n) is 6.59. The Morgan fingerprint density at radius 2 is 2.26 bits per heavy atom. The van der Waals surface area contributed by atoms with Crippen molar-refractivity contribution >= 4 is 27.5 Å². The zero-order valence-corrected chi connectivity index (χ0v) is 12.3. The van der Waals surface area contributed by atoms with E-state index in [1.807, 2.05) is 24.3 Å². The standard InChI is InChI=1S/C14H19BrN2O2/c15-11-4-2-5-12(7-11)17-14(19)9-16-8-10-3-1-6-13(10)18/h2,4-5,7,10,13,16,18H,1,3,6,8-9H2,(H,17,19). The second kappa shape index (κ2) is 7.03. The topological polar surface area (TPSA) is 61.4 Å². The van der Waals surface area contributed by atoms with Gasteiger partial charge in [0.05, 0.1) is 12.6 Å². The molecule has 0 aromatic heterocycles. The lowest BCUT2D eigenvalue weighted by Crippen LogP contribution is -2.34. The maximum absolute atomic E-state index is 11.7. The van der Waals surface area contributed by atoms with E-state index >= 15 is 0 Å². The number of amides is 1. The number of anilines is 1. The third-order valence-corrected chi connectivity index (χ3v) is 3.91. The summed E-state index contributed by atoms with van der Waals surface area (Å²) in [6.07, 6.45) is 2.80. The molecule has 1 aliphatic rings. The molecular formula is C14H19BrN2O2. The van der Waals surface area contributed by atoms with Crippen LogP contribution in [0.4, 0.5) is 5.69 Å². The van der Waals surface area contributed by atoms with Gasteiger partial charge < -0.3 is 15.7 Å². The van der Waals surface area contributed by atoms with Gasteiger partial charge in [-0.05, 0) is 37.0 Å². The normalized spacial score (nSPS) is 22.4. The van der Waals surface area contributed by atoms with Crippen LogP contribution in [0.3, 0.4) is 0 Å². The molecule has 0 saturated heterocycles. The van der Waals surface area contributed by atoms with Crippen molar-refractivity contribution in [3.63, 3.8) is 0 Å². The molecule has 1 saturated carbocycles. The summed E-state index contributed by atoms with van der Waals surface area (Å²) in [7, 11) is 0. The van der Waals surface area contributed by atoms with Gasteiger partial charge in [0.25, 0.3) is 0 Å². The summed E-state index contributed by atoms with van der Waals surface area (Å²) >= 11 is 3.36. The van der Waals surface area contributed by atoms with Crippen molar-refractivity contribution in [1.29, 1.82) is 0 Å². The fraction of sp³-hybridized carbons (Fsp3) is 0.500. The molecule has 1 aromatic rings. The molecule has 0 radical (unpaired) electrons. The van der Waals surface area contributed by atoms with E-state index < -0.39 is 0 Å². The van der Waals surface area contributed by atoms with E-state index in [-0.39, 0.29) is 18.6 Å². The third kappa shape index (κ3) is 4.60. The van der Waals surface area contributed by atoms with Crippen LogP contribution in [0.15, 0.2) is 28.7 Å². The van der Waals surface area contributed by atoms with Crippen molar-refractivity contribution < 1.29 is 9.90 Å². The van der Waals surface area contributed by atoms with E-state index in [9.17, 15) is 9.90 Å². The van der Waals surface area contributed by atoms with Gasteiger partial charge in [-0.2, -0.15) is 0 Å². The van der Waals surface area contributed by atoms with Crippen molar-refractivity contribution in [3.05, 3.63) is 28.7 Å². The highest BCUT2D eigenvalue weighted by atomic mass is 79.9. The van der Waals surface area contributed by atoms with Crippen LogP contribution in [0.5, 0.6) is 0 Å². The summed E-state index contributed by atoms with van der Waals surface area (Å²) in [5.41, 5.74) is 0.780. The largest absolute Gasteiger partial charge is 0.393 e. The van der Waals surface area contributed by atoms with Gasteiger partial charge in [0.15, 0.2) is 0 Å². The lowest BCUT2D eigenvalue weighted by atomic mass is 10.1. The molecule has 2 unspecified atom stereocenters. The Labute approximate surface area is 121 Å². The number of carbonyl (C=O) groups is 1. The molecule has 1 aromatic carbocycles. The minimum absolute atomic E-state index is 0.0643. The number of aliphatic hydroxyl groups excluding tert-OH is 1. The lowest BCUT2D eigenvalue weighted by Gasteiger charge is -2.14. The molecule has 3 N–H and O–H groups in total. The second-order valence-electron chi connectivity index (χ2n) is 4.95. The minimum atomic E-state index is -0.208. The predicted molar refractivity (Wildman–Crippen MR) is 79.0 cm³/mol. The molecular weight excluding hydrogens is 308 g/mol. The molecule has 0 spiro atoms. The lowest BCUT2D eigenvalue weighted by molar-refractivity contribution is -0.115. The van der Waals surface area contributed by atoms with Gasteiger partial charge in [0, 0.05) is 16.7 Å². The van der Waals surface area contributed by atoms with Crippen LogP contribution in [0, 0.1) is 5.92 Å². The predicted octanol–water partition coefficient (Wildman–Crippen LogP) is 2.14. The smallest absolute Gasteiger partial charge is 0.238 e. The van der Waals surface area contributed by atoms with E-state index in [4.69, 9.17) is 0 Å². The highest BCUT2D eigenvalue weighted by Gasteiger charge is 2.24.